The molecule has 1 fully saturated rings. The molecule has 0 saturated carbocycles. The van der Waals surface area contributed by atoms with E-state index in [4.69, 9.17) is 18.6 Å². The first kappa shape index (κ1) is 34.6. The van der Waals surface area contributed by atoms with Crippen molar-refractivity contribution in [3.8, 4) is 5.75 Å². The van der Waals surface area contributed by atoms with E-state index < -0.39 is 36.9 Å². The minimum Gasteiger partial charge on any atom is -0.497 e. The molecule has 0 aliphatic carbocycles. The van der Waals surface area contributed by atoms with Gasteiger partial charge in [-0.2, -0.15) is 0 Å². The minimum atomic E-state index is -2.80. The van der Waals surface area contributed by atoms with Gasteiger partial charge in [0.25, 0.3) is 5.91 Å². The van der Waals surface area contributed by atoms with Crippen LogP contribution in [-0.4, -0.2) is 38.8 Å². The number of anilines is 1. The van der Waals surface area contributed by atoms with Crippen LogP contribution in [0.4, 0.5) is 10.5 Å². The Balaban J connectivity index is 1.79. The van der Waals surface area contributed by atoms with E-state index in [1.165, 1.54) is 4.90 Å². The lowest BCUT2D eigenvalue weighted by atomic mass is 9.53. The number of ether oxygens (including phenoxy) is 3. The first-order valence-electron chi connectivity index (χ1n) is 16.8. The van der Waals surface area contributed by atoms with Gasteiger partial charge in [-0.3, -0.25) is 4.79 Å². The lowest BCUT2D eigenvalue weighted by molar-refractivity contribution is -0.397. The number of hydrogen-bond acceptors (Lipinski definition) is 6. The number of carbonyl (C=O) groups excluding carboxylic acids is 2. The van der Waals surface area contributed by atoms with E-state index in [2.05, 4.69) is 33.9 Å². The van der Waals surface area contributed by atoms with Crippen molar-refractivity contribution < 1.29 is 28.2 Å². The van der Waals surface area contributed by atoms with Crippen LogP contribution >= 0.6 is 0 Å². The highest BCUT2D eigenvalue weighted by Gasteiger charge is 2.88. The second-order valence-electron chi connectivity index (χ2n) is 15.6. The van der Waals surface area contributed by atoms with Crippen molar-refractivity contribution in [2.75, 3.05) is 12.0 Å². The van der Waals surface area contributed by atoms with E-state index >= 15 is 4.79 Å². The third-order valence-electron chi connectivity index (χ3n) is 10.3. The lowest BCUT2D eigenvalue weighted by Crippen LogP contribution is -2.85. The van der Waals surface area contributed by atoms with Gasteiger partial charge in [-0.05, 0) is 80.2 Å². The third kappa shape index (κ3) is 5.32. The van der Waals surface area contributed by atoms with Crippen molar-refractivity contribution in [3.05, 3.63) is 131 Å². The van der Waals surface area contributed by atoms with Crippen LogP contribution in [0.2, 0.25) is 18.1 Å². The molecule has 0 radical (unpaired) electrons. The SMILES string of the molecule is COc1ccc2c(c1)[C@]1(Cc3ccccc3)[C@@](O[Si](C)(C)C(C)(C)C)(O[C@@]1(C(=O)c1ccccc1)c1ccccc1)N2C(=O)OC(C)(C)C. The van der Waals surface area contributed by atoms with Crippen molar-refractivity contribution in [3.63, 3.8) is 0 Å². The molecular formula is C41H47NO6Si. The van der Waals surface area contributed by atoms with Crippen LogP contribution in [0.25, 0.3) is 0 Å². The summed E-state index contributed by atoms with van der Waals surface area (Å²) in [5.41, 5.74) is -0.420. The van der Waals surface area contributed by atoms with Crippen LogP contribution < -0.4 is 9.64 Å². The van der Waals surface area contributed by atoms with E-state index in [0.717, 1.165) is 5.56 Å². The highest BCUT2D eigenvalue weighted by atomic mass is 28.4. The molecule has 1 amide bonds. The number of Topliss-reactive ketones (excluding diaryl/α,β-unsaturated/α-hetero) is 1. The van der Waals surface area contributed by atoms with Crippen molar-refractivity contribution in [1.29, 1.82) is 0 Å². The Morgan fingerprint density at radius 2 is 1.37 bits per heavy atom. The molecule has 3 atom stereocenters. The Hall–Kier alpha value is -4.24. The van der Waals surface area contributed by atoms with Crippen LogP contribution in [0.1, 0.15) is 68.6 Å². The maximum atomic E-state index is 15.5. The maximum absolute atomic E-state index is 15.5. The van der Waals surface area contributed by atoms with Gasteiger partial charge in [-0.1, -0.05) is 112 Å². The minimum absolute atomic E-state index is 0.232. The average Bonchev–Trinajstić information content (AvgIpc) is 3.22. The van der Waals surface area contributed by atoms with Gasteiger partial charge in [0.2, 0.25) is 5.78 Å². The number of rotatable bonds is 8. The summed E-state index contributed by atoms with van der Waals surface area (Å²) < 4.78 is 26.9. The van der Waals surface area contributed by atoms with Gasteiger partial charge in [-0.15, -0.1) is 0 Å². The number of carbonyl (C=O) groups is 2. The van der Waals surface area contributed by atoms with Crippen LogP contribution in [0.3, 0.4) is 0 Å². The molecule has 0 bridgehead atoms. The van der Waals surface area contributed by atoms with Crippen LogP contribution in [0.5, 0.6) is 5.75 Å². The Kier molecular flexibility index (Phi) is 8.45. The van der Waals surface area contributed by atoms with Crippen LogP contribution in [-0.2, 0) is 31.3 Å². The molecule has 8 heteroatoms. The van der Waals surface area contributed by atoms with E-state index in [9.17, 15) is 4.79 Å². The van der Waals surface area contributed by atoms with Crippen molar-refractivity contribution >= 4 is 25.9 Å². The molecule has 1 saturated heterocycles. The van der Waals surface area contributed by atoms with Crippen molar-refractivity contribution in [1.82, 2.24) is 0 Å². The van der Waals surface area contributed by atoms with Crippen LogP contribution in [0.15, 0.2) is 109 Å². The lowest BCUT2D eigenvalue weighted by Gasteiger charge is -2.68. The van der Waals surface area contributed by atoms with Gasteiger partial charge in [0, 0.05) is 5.56 Å². The fourth-order valence-electron chi connectivity index (χ4n) is 7.05. The molecule has 0 N–H and O–H groups in total. The number of methoxy groups -OCH3 is 1. The molecule has 6 rings (SSSR count). The second-order valence-corrected chi connectivity index (χ2v) is 20.3. The van der Waals surface area contributed by atoms with Gasteiger partial charge in [0.05, 0.1) is 12.8 Å². The summed E-state index contributed by atoms with van der Waals surface area (Å²) in [5, 5.41) is -0.288. The Labute approximate surface area is 291 Å². The number of amides is 1. The van der Waals surface area contributed by atoms with E-state index in [1.807, 2.05) is 130 Å². The Bertz CT molecular complexity index is 1850. The van der Waals surface area contributed by atoms with E-state index in [0.29, 0.717) is 34.5 Å². The number of nitrogens with zero attached hydrogens (tertiary/aromatic N) is 1. The monoisotopic (exact) mass is 677 g/mol. The van der Waals surface area contributed by atoms with Gasteiger partial charge in [0.1, 0.15) is 16.8 Å². The molecule has 7 nitrogen and oxygen atoms in total. The fraction of sp³-hybridized carbons (Fsp3) is 0.366. The zero-order chi connectivity index (χ0) is 35.5. The summed E-state index contributed by atoms with van der Waals surface area (Å²) in [6.45, 7) is 16.2. The highest BCUT2D eigenvalue weighted by molar-refractivity contribution is 6.74. The molecule has 256 valence electrons. The number of fused-ring (bicyclic) bond motifs is 3. The largest absolute Gasteiger partial charge is 0.497 e. The molecule has 2 aliphatic heterocycles. The third-order valence-corrected chi connectivity index (χ3v) is 14.7. The standard InChI is InChI=1S/C41H47NO6Si/c1-37(2,3)46-36(44)42-34-26-25-32(45-7)27-33(34)39(28-29-19-13-10-14-20-29)40(31-23-17-12-18-24-31,35(43)30-21-15-11-16-22-30)47-41(39,42)48-49(8,9)38(4,5)6/h10-27H,28H2,1-9H3/t39-,40+,41-/m0/s1. The second kappa shape index (κ2) is 12.0. The fourth-order valence-corrected chi connectivity index (χ4v) is 8.35. The Morgan fingerprint density at radius 1 is 0.796 bits per heavy atom. The average molecular weight is 678 g/mol. The molecule has 2 aliphatic rings. The van der Waals surface area contributed by atoms with Crippen molar-refractivity contribution in [2.24, 2.45) is 0 Å². The summed E-state index contributed by atoms with van der Waals surface area (Å²) in [5.74, 6) is -1.42. The summed E-state index contributed by atoms with van der Waals surface area (Å²) in [6.07, 6.45) is -0.323. The van der Waals surface area contributed by atoms with Gasteiger partial charge >= 0.3 is 6.09 Å². The first-order chi connectivity index (χ1) is 23.0. The summed E-state index contributed by atoms with van der Waals surface area (Å²) in [6, 6.07) is 34.5. The molecule has 0 aromatic heterocycles. The summed E-state index contributed by atoms with van der Waals surface area (Å²) in [4.78, 5) is 31.8. The first-order valence-corrected chi connectivity index (χ1v) is 19.8. The smallest absolute Gasteiger partial charge is 0.419 e. The van der Waals surface area contributed by atoms with Crippen molar-refractivity contribution in [2.45, 2.75) is 88.6 Å². The van der Waals surface area contributed by atoms with Gasteiger partial charge < -0.3 is 18.6 Å². The molecular weight excluding hydrogens is 631 g/mol. The van der Waals surface area contributed by atoms with Gasteiger partial charge in [0.15, 0.2) is 13.9 Å². The van der Waals surface area contributed by atoms with E-state index in [-0.39, 0.29) is 10.8 Å². The quantitative estimate of drug-likeness (QED) is 0.137. The maximum Gasteiger partial charge on any atom is 0.419 e. The molecule has 2 heterocycles. The normalized spacial score (nSPS) is 23.2. The molecule has 4 aromatic carbocycles. The molecule has 4 aromatic rings. The topological polar surface area (TPSA) is 74.3 Å². The zero-order valence-electron chi connectivity index (χ0n) is 30.0. The van der Waals surface area contributed by atoms with Gasteiger partial charge in [-0.25, -0.2) is 9.69 Å². The zero-order valence-corrected chi connectivity index (χ0v) is 31.0. The predicted molar refractivity (Wildman–Crippen MR) is 195 cm³/mol. The number of ketones is 1. The van der Waals surface area contributed by atoms with Crippen LogP contribution in [0, 0.1) is 0 Å². The number of benzene rings is 4. The summed E-state index contributed by atoms with van der Waals surface area (Å²) >= 11 is 0. The summed E-state index contributed by atoms with van der Waals surface area (Å²) in [7, 11) is -1.19. The molecule has 0 unspecified atom stereocenters. The molecule has 0 spiro atoms. The molecule has 49 heavy (non-hydrogen) atoms. The number of hydrogen-bond donors (Lipinski definition) is 0. The predicted octanol–water partition coefficient (Wildman–Crippen LogP) is 9.42. The van der Waals surface area contributed by atoms with E-state index in [1.54, 1.807) is 7.11 Å². The highest BCUT2D eigenvalue weighted by Crippen LogP contribution is 2.74. The Morgan fingerprint density at radius 3 is 1.92 bits per heavy atom.